The van der Waals surface area contributed by atoms with Gasteiger partial charge in [-0.05, 0) is 25.1 Å². The van der Waals surface area contributed by atoms with Gasteiger partial charge in [0.25, 0.3) is 0 Å². The smallest absolute Gasteiger partial charge is 0.141 e. The van der Waals surface area contributed by atoms with Gasteiger partial charge in [0.1, 0.15) is 5.82 Å². The van der Waals surface area contributed by atoms with Crippen molar-refractivity contribution in [1.29, 1.82) is 0 Å². The highest BCUT2D eigenvalue weighted by Crippen LogP contribution is 2.20. The van der Waals surface area contributed by atoms with Gasteiger partial charge in [-0.3, -0.25) is 4.98 Å². The van der Waals surface area contributed by atoms with Crippen molar-refractivity contribution in [3.8, 4) is 0 Å². The molecule has 2 nitrogen and oxygen atoms in total. The molecular formula is C16H27FN2. The molecule has 0 aliphatic carbocycles. The molecule has 0 fully saturated rings. The normalized spacial score (nSPS) is 12.6. The topological polar surface area (TPSA) is 24.9 Å². The van der Waals surface area contributed by atoms with Gasteiger partial charge in [0, 0.05) is 12.2 Å². The van der Waals surface area contributed by atoms with Crippen LogP contribution in [0.3, 0.4) is 0 Å². The Hall–Kier alpha value is -0.960. The van der Waals surface area contributed by atoms with Gasteiger partial charge in [-0.2, -0.15) is 0 Å². The number of hydrogen-bond donors (Lipinski definition) is 1. The maximum absolute atomic E-state index is 13.1. The zero-order chi connectivity index (χ0) is 13.9. The lowest BCUT2D eigenvalue weighted by atomic mass is 10.0. The molecule has 1 rings (SSSR count). The Labute approximate surface area is 116 Å². The highest BCUT2D eigenvalue weighted by molar-refractivity contribution is 5.14. The monoisotopic (exact) mass is 266 g/mol. The molecule has 108 valence electrons. The lowest BCUT2D eigenvalue weighted by Gasteiger charge is -2.16. The number of nitrogens with zero attached hydrogens (tertiary/aromatic N) is 1. The number of hydrogen-bond acceptors (Lipinski definition) is 2. The van der Waals surface area contributed by atoms with Crippen molar-refractivity contribution in [2.45, 2.75) is 64.3 Å². The molecule has 0 saturated heterocycles. The number of unbranched alkanes of at least 4 members (excludes halogenated alkanes) is 6. The van der Waals surface area contributed by atoms with Crippen molar-refractivity contribution in [3.05, 3.63) is 29.8 Å². The fraction of sp³-hybridized carbons (Fsp3) is 0.688. The van der Waals surface area contributed by atoms with Crippen molar-refractivity contribution in [2.75, 3.05) is 7.05 Å². The van der Waals surface area contributed by atoms with Crippen LogP contribution in [0.5, 0.6) is 0 Å². The second-order valence-electron chi connectivity index (χ2n) is 5.19. The van der Waals surface area contributed by atoms with Crippen LogP contribution in [0.4, 0.5) is 4.39 Å². The van der Waals surface area contributed by atoms with Gasteiger partial charge in [0.15, 0.2) is 0 Å². The largest absolute Gasteiger partial charge is 0.313 e. The molecule has 0 amide bonds. The molecule has 19 heavy (non-hydrogen) atoms. The number of aromatic nitrogens is 1. The van der Waals surface area contributed by atoms with Gasteiger partial charge in [0.05, 0.1) is 6.20 Å². The van der Waals surface area contributed by atoms with E-state index < -0.39 is 0 Å². The molecule has 0 radical (unpaired) electrons. The first-order chi connectivity index (χ1) is 9.27. The number of halogens is 1. The molecule has 0 aromatic carbocycles. The zero-order valence-corrected chi connectivity index (χ0v) is 12.3. The average Bonchev–Trinajstić information content (AvgIpc) is 2.42. The van der Waals surface area contributed by atoms with Crippen LogP contribution in [0.15, 0.2) is 18.5 Å². The van der Waals surface area contributed by atoms with E-state index >= 15 is 0 Å². The van der Waals surface area contributed by atoms with Crippen molar-refractivity contribution in [1.82, 2.24) is 10.3 Å². The van der Waals surface area contributed by atoms with Crippen LogP contribution in [-0.2, 0) is 0 Å². The summed E-state index contributed by atoms with van der Waals surface area (Å²) in [4.78, 5) is 3.92. The van der Waals surface area contributed by atoms with Crippen LogP contribution in [0, 0.1) is 5.82 Å². The first-order valence-corrected chi connectivity index (χ1v) is 7.55. The highest BCUT2D eigenvalue weighted by atomic mass is 19.1. The summed E-state index contributed by atoms with van der Waals surface area (Å²) in [6, 6.07) is 1.80. The zero-order valence-electron chi connectivity index (χ0n) is 12.3. The minimum Gasteiger partial charge on any atom is -0.313 e. The van der Waals surface area contributed by atoms with Gasteiger partial charge >= 0.3 is 0 Å². The third-order valence-electron chi connectivity index (χ3n) is 3.57. The minimum atomic E-state index is -0.252. The predicted molar refractivity (Wildman–Crippen MR) is 78.6 cm³/mol. The van der Waals surface area contributed by atoms with Crippen LogP contribution < -0.4 is 5.32 Å². The second kappa shape index (κ2) is 9.90. The standard InChI is InChI=1S/C16H27FN2/c1-3-4-5-6-7-8-9-10-16(18-2)14-11-15(17)13-19-12-14/h11-13,16,18H,3-10H2,1-2H3. The molecule has 0 saturated carbocycles. The summed E-state index contributed by atoms with van der Waals surface area (Å²) in [5, 5.41) is 3.25. The Kier molecular flexibility index (Phi) is 8.39. The summed E-state index contributed by atoms with van der Waals surface area (Å²) in [7, 11) is 1.93. The van der Waals surface area contributed by atoms with Crippen molar-refractivity contribution >= 4 is 0 Å². The van der Waals surface area contributed by atoms with E-state index in [4.69, 9.17) is 0 Å². The molecular weight excluding hydrogens is 239 g/mol. The lowest BCUT2D eigenvalue weighted by molar-refractivity contribution is 0.491. The van der Waals surface area contributed by atoms with Crippen LogP contribution in [-0.4, -0.2) is 12.0 Å². The maximum atomic E-state index is 13.1. The summed E-state index contributed by atoms with van der Waals surface area (Å²) in [5.41, 5.74) is 0.952. The lowest BCUT2D eigenvalue weighted by Crippen LogP contribution is -2.16. The molecule has 1 N–H and O–H groups in total. The van der Waals surface area contributed by atoms with E-state index in [2.05, 4.69) is 17.2 Å². The van der Waals surface area contributed by atoms with Gasteiger partial charge in [0.2, 0.25) is 0 Å². The molecule has 0 aliphatic heterocycles. The maximum Gasteiger partial charge on any atom is 0.141 e. The first-order valence-electron chi connectivity index (χ1n) is 7.55. The Bertz CT molecular complexity index is 341. The van der Waals surface area contributed by atoms with Crippen LogP contribution in [0.2, 0.25) is 0 Å². The summed E-state index contributed by atoms with van der Waals surface area (Å²) in [6.45, 7) is 2.24. The molecule has 0 spiro atoms. The van der Waals surface area contributed by atoms with Crippen molar-refractivity contribution in [3.63, 3.8) is 0 Å². The van der Waals surface area contributed by atoms with Gasteiger partial charge in [-0.15, -0.1) is 0 Å². The summed E-state index contributed by atoms with van der Waals surface area (Å²) in [5.74, 6) is -0.252. The average molecular weight is 266 g/mol. The van der Waals surface area contributed by atoms with E-state index in [9.17, 15) is 4.39 Å². The van der Waals surface area contributed by atoms with E-state index in [0.717, 1.165) is 12.0 Å². The SMILES string of the molecule is CCCCCCCCCC(NC)c1cncc(F)c1. The minimum absolute atomic E-state index is 0.221. The Morgan fingerprint density at radius 1 is 1.11 bits per heavy atom. The molecule has 1 atom stereocenters. The van der Waals surface area contributed by atoms with E-state index in [0.29, 0.717) is 0 Å². The molecule has 3 heteroatoms. The fourth-order valence-corrected chi connectivity index (χ4v) is 2.40. The highest BCUT2D eigenvalue weighted by Gasteiger charge is 2.09. The molecule has 1 aromatic heterocycles. The van der Waals surface area contributed by atoms with E-state index in [-0.39, 0.29) is 11.9 Å². The summed E-state index contributed by atoms with van der Waals surface area (Å²) >= 11 is 0. The third kappa shape index (κ3) is 6.67. The van der Waals surface area contributed by atoms with Crippen LogP contribution in [0.25, 0.3) is 0 Å². The molecule has 1 heterocycles. The Balaban J connectivity index is 2.22. The van der Waals surface area contributed by atoms with Crippen LogP contribution in [0.1, 0.15) is 69.9 Å². The van der Waals surface area contributed by atoms with E-state index in [1.807, 2.05) is 7.05 Å². The number of rotatable bonds is 10. The fourth-order valence-electron chi connectivity index (χ4n) is 2.40. The van der Waals surface area contributed by atoms with Gasteiger partial charge < -0.3 is 5.32 Å². The van der Waals surface area contributed by atoms with Gasteiger partial charge in [-0.1, -0.05) is 51.9 Å². The Morgan fingerprint density at radius 3 is 2.42 bits per heavy atom. The summed E-state index contributed by atoms with van der Waals surface area (Å²) in [6.07, 6.45) is 13.2. The quantitative estimate of drug-likeness (QED) is 0.625. The first kappa shape index (κ1) is 16.1. The Morgan fingerprint density at radius 2 is 1.79 bits per heavy atom. The second-order valence-corrected chi connectivity index (χ2v) is 5.19. The number of nitrogens with one attached hydrogen (secondary N) is 1. The predicted octanol–water partition coefficient (Wildman–Crippen LogP) is 4.62. The molecule has 0 bridgehead atoms. The van der Waals surface area contributed by atoms with E-state index in [1.165, 1.54) is 51.1 Å². The number of pyridine rings is 1. The van der Waals surface area contributed by atoms with Gasteiger partial charge in [-0.25, -0.2) is 4.39 Å². The summed E-state index contributed by atoms with van der Waals surface area (Å²) < 4.78 is 13.1. The molecule has 1 aromatic rings. The van der Waals surface area contributed by atoms with Crippen molar-refractivity contribution < 1.29 is 4.39 Å². The molecule has 1 unspecified atom stereocenters. The van der Waals surface area contributed by atoms with E-state index in [1.54, 1.807) is 12.3 Å². The molecule has 0 aliphatic rings. The third-order valence-corrected chi connectivity index (χ3v) is 3.57. The van der Waals surface area contributed by atoms with Crippen LogP contribution >= 0.6 is 0 Å². The van der Waals surface area contributed by atoms with Crippen molar-refractivity contribution in [2.24, 2.45) is 0 Å².